The fraction of sp³-hybridized carbons (Fsp3) is 0.0698. The van der Waals surface area contributed by atoms with E-state index in [2.05, 4.69) is 174 Å². The van der Waals surface area contributed by atoms with Gasteiger partial charge in [0.2, 0.25) is 0 Å². The van der Waals surface area contributed by atoms with Crippen LogP contribution in [0.15, 0.2) is 158 Å². The lowest BCUT2D eigenvalue weighted by Crippen LogP contribution is -2.10. The van der Waals surface area contributed by atoms with Crippen LogP contribution in [0.2, 0.25) is 0 Å². The van der Waals surface area contributed by atoms with Crippen molar-refractivity contribution < 1.29 is 4.74 Å². The maximum Gasteiger partial charge on any atom is 0.123 e. The maximum absolute atomic E-state index is 6.57. The molecule has 46 heavy (non-hydrogen) atoms. The smallest absolute Gasteiger partial charge is 0.123 e. The van der Waals surface area contributed by atoms with Crippen LogP contribution < -0.4 is 4.74 Å². The first-order chi connectivity index (χ1) is 22.7. The molecule has 220 valence electrons. The molecule has 3 nitrogen and oxygen atoms in total. The van der Waals surface area contributed by atoms with Gasteiger partial charge in [0.05, 0.1) is 22.1 Å². The van der Waals surface area contributed by atoms with Gasteiger partial charge in [0.15, 0.2) is 0 Å². The highest BCUT2D eigenvalue weighted by molar-refractivity contribution is 6.23. The highest BCUT2D eigenvalue weighted by Crippen LogP contribution is 2.42. The zero-order valence-corrected chi connectivity index (χ0v) is 25.6. The van der Waals surface area contributed by atoms with Crippen LogP contribution in [0.4, 0.5) is 0 Å². The predicted octanol–water partition coefficient (Wildman–Crippen LogP) is 10.8. The van der Waals surface area contributed by atoms with Crippen LogP contribution in [0, 0.1) is 0 Å². The molecule has 9 rings (SSSR count). The van der Waals surface area contributed by atoms with Crippen LogP contribution >= 0.6 is 0 Å². The lowest BCUT2D eigenvalue weighted by atomic mass is 10.0. The van der Waals surface area contributed by atoms with E-state index in [0.29, 0.717) is 0 Å². The van der Waals surface area contributed by atoms with Gasteiger partial charge in [-0.1, -0.05) is 109 Å². The Morgan fingerprint density at radius 3 is 1.83 bits per heavy atom. The van der Waals surface area contributed by atoms with E-state index in [-0.39, 0.29) is 6.10 Å². The van der Waals surface area contributed by atoms with E-state index in [1.807, 2.05) is 0 Å². The first-order valence-electron chi connectivity index (χ1n) is 16.0. The lowest BCUT2D eigenvalue weighted by molar-refractivity contribution is 0.268. The number of aromatic nitrogens is 2. The molecule has 0 amide bonds. The quantitative estimate of drug-likeness (QED) is 0.200. The molecule has 0 radical (unpaired) electrons. The van der Waals surface area contributed by atoms with Crippen LogP contribution in [-0.4, -0.2) is 15.2 Å². The van der Waals surface area contributed by atoms with Crippen molar-refractivity contribution >= 4 is 49.2 Å². The average molecular weight is 593 g/mol. The zero-order valence-electron chi connectivity index (χ0n) is 25.6. The van der Waals surface area contributed by atoms with Crippen molar-refractivity contribution in [3.63, 3.8) is 0 Å². The number of fused-ring (bicyclic) bond motifs is 8. The highest BCUT2D eigenvalue weighted by Gasteiger charge is 2.21. The fourth-order valence-electron chi connectivity index (χ4n) is 7.27. The molecule has 6 aromatic carbocycles. The molecule has 0 aliphatic carbocycles. The van der Waals surface area contributed by atoms with Crippen LogP contribution in [0.25, 0.3) is 60.6 Å². The van der Waals surface area contributed by atoms with E-state index in [4.69, 9.17) is 4.74 Å². The van der Waals surface area contributed by atoms with Gasteiger partial charge in [-0.25, -0.2) is 0 Å². The minimum absolute atomic E-state index is 0.0722. The summed E-state index contributed by atoms with van der Waals surface area (Å²) in [7, 11) is 0. The van der Waals surface area contributed by atoms with Crippen molar-refractivity contribution in [2.24, 2.45) is 0 Å². The van der Waals surface area contributed by atoms with E-state index >= 15 is 0 Å². The van der Waals surface area contributed by atoms with Gasteiger partial charge >= 0.3 is 0 Å². The zero-order chi connectivity index (χ0) is 30.6. The van der Waals surface area contributed by atoms with Crippen molar-refractivity contribution in [3.05, 3.63) is 169 Å². The minimum atomic E-state index is -0.0722. The van der Waals surface area contributed by atoms with E-state index in [1.54, 1.807) is 0 Å². The summed E-state index contributed by atoms with van der Waals surface area (Å²) in [6, 6.07) is 50.1. The third kappa shape index (κ3) is 4.20. The van der Waals surface area contributed by atoms with Gasteiger partial charge < -0.3 is 13.9 Å². The number of hydrogen-bond acceptors (Lipinski definition) is 1. The van der Waals surface area contributed by atoms with E-state index in [1.165, 1.54) is 60.3 Å². The molecule has 1 aliphatic heterocycles. The Morgan fingerprint density at radius 1 is 0.565 bits per heavy atom. The van der Waals surface area contributed by atoms with Crippen molar-refractivity contribution in [3.8, 4) is 17.1 Å². The molecule has 3 heteroatoms. The van der Waals surface area contributed by atoms with Crippen LogP contribution in [0.3, 0.4) is 0 Å². The first kappa shape index (κ1) is 26.6. The number of rotatable bonds is 3. The molecule has 0 N–H and O–H groups in total. The molecule has 0 saturated heterocycles. The van der Waals surface area contributed by atoms with E-state index in [0.717, 1.165) is 23.5 Å². The summed E-state index contributed by atoms with van der Waals surface area (Å²) in [5, 5.41) is 4.99. The second-order valence-corrected chi connectivity index (χ2v) is 12.1. The molecule has 8 aromatic rings. The molecule has 1 atom stereocenters. The number of nitrogens with zero attached hydrogens (tertiary/aromatic N) is 2. The summed E-state index contributed by atoms with van der Waals surface area (Å²) in [6.07, 6.45) is 7.41. The number of para-hydroxylation sites is 3. The molecular weight excluding hydrogens is 560 g/mol. The van der Waals surface area contributed by atoms with E-state index in [9.17, 15) is 0 Å². The average Bonchev–Trinajstić information content (AvgIpc) is 3.64. The Bertz CT molecular complexity index is 2480. The van der Waals surface area contributed by atoms with Crippen molar-refractivity contribution in [2.75, 3.05) is 0 Å². The highest BCUT2D eigenvalue weighted by atomic mass is 16.5. The van der Waals surface area contributed by atoms with Crippen LogP contribution in [0.1, 0.15) is 18.1 Å². The molecule has 0 spiro atoms. The topological polar surface area (TPSA) is 19.1 Å². The largest absolute Gasteiger partial charge is 0.486 e. The van der Waals surface area contributed by atoms with Gasteiger partial charge in [0, 0.05) is 38.5 Å². The molecule has 3 heterocycles. The second-order valence-electron chi connectivity index (χ2n) is 12.1. The van der Waals surface area contributed by atoms with Gasteiger partial charge in [-0.05, 0) is 73.0 Å². The van der Waals surface area contributed by atoms with Gasteiger partial charge in [0.1, 0.15) is 11.9 Å². The summed E-state index contributed by atoms with van der Waals surface area (Å²) >= 11 is 0. The molecular formula is C43H32N2O. The molecule has 0 bridgehead atoms. The number of ether oxygens (including phenoxy) is 1. The normalized spacial score (nSPS) is 16.8. The third-order valence-electron chi connectivity index (χ3n) is 9.25. The van der Waals surface area contributed by atoms with Crippen LogP contribution in [-0.2, 0) is 6.42 Å². The van der Waals surface area contributed by atoms with Gasteiger partial charge in [-0.2, -0.15) is 0 Å². The molecule has 0 saturated carbocycles. The monoisotopic (exact) mass is 592 g/mol. The molecule has 2 aromatic heterocycles. The molecule has 1 aliphatic rings. The Balaban J connectivity index is 1.30. The number of hydrogen-bond donors (Lipinski definition) is 0. The Labute approximate surface area is 267 Å². The van der Waals surface area contributed by atoms with E-state index < -0.39 is 0 Å². The van der Waals surface area contributed by atoms with Crippen molar-refractivity contribution in [2.45, 2.75) is 19.4 Å². The molecule has 1 unspecified atom stereocenters. The Morgan fingerprint density at radius 2 is 1.15 bits per heavy atom. The summed E-state index contributed by atoms with van der Waals surface area (Å²) < 4.78 is 11.5. The lowest BCUT2D eigenvalue weighted by Gasteiger charge is -2.17. The number of allylic oxidation sites excluding steroid dienone is 3. The Hall–Kier alpha value is -5.80. The minimum Gasteiger partial charge on any atom is -0.486 e. The van der Waals surface area contributed by atoms with Crippen molar-refractivity contribution in [1.82, 2.24) is 9.13 Å². The fourth-order valence-corrected chi connectivity index (χ4v) is 7.27. The summed E-state index contributed by atoms with van der Waals surface area (Å²) in [5.74, 6) is 0.927. The van der Waals surface area contributed by atoms with Gasteiger partial charge in [0.25, 0.3) is 0 Å². The van der Waals surface area contributed by atoms with Crippen LogP contribution in [0.5, 0.6) is 5.75 Å². The third-order valence-corrected chi connectivity index (χ3v) is 9.25. The predicted molar refractivity (Wildman–Crippen MR) is 192 cm³/mol. The van der Waals surface area contributed by atoms with Gasteiger partial charge in [-0.3, -0.25) is 0 Å². The summed E-state index contributed by atoms with van der Waals surface area (Å²) in [6.45, 7) is 2.12. The van der Waals surface area contributed by atoms with Gasteiger partial charge in [-0.15, -0.1) is 0 Å². The maximum atomic E-state index is 6.57. The second kappa shape index (κ2) is 10.7. The molecule has 0 fully saturated rings. The summed E-state index contributed by atoms with van der Waals surface area (Å²) in [4.78, 5) is 0. The first-order valence-corrected chi connectivity index (χ1v) is 16.0. The summed E-state index contributed by atoms with van der Waals surface area (Å²) in [5.41, 5.74) is 10.6. The standard InChI is InChI=1S/C43H32N2O/c1-29-27-31(30-13-4-2-5-14-30)15-12-16-32-28-34(23-26-41(32)46-29)45-40-22-11-9-20-36(40)38-25-24-37-35-19-8-10-21-39(35)44(42(37)43(38)45)33-17-6-3-7-18-33/h2-15,17-29H,16H2,1H3/b15-12-,31-27+. The van der Waals surface area contributed by atoms with Crippen molar-refractivity contribution in [1.29, 1.82) is 0 Å². The SMILES string of the molecule is CC1/C=C(c2ccccc2)\C=C/Cc2cc(-n3c4ccccc4c4ccc5c6ccccc6n(-c6ccccc6)c5c43)ccc2O1. The Kier molecular flexibility index (Phi) is 6.17. The number of benzene rings is 6.